The Kier molecular flexibility index (Phi) is 7.84. The van der Waals surface area contributed by atoms with Crippen LogP contribution in [0.3, 0.4) is 0 Å². The van der Waals surface area contributed by atoms with Crippen LogP contribution in [0.4, 0.5) is 0 Å². The lowest BCUT2D eigenvalue weighted by Crippen LogP contribution is -2.14. The molecule has 0 nitrogen and oxygen atoms in total. The summed E-state index contributed by atoms with van der Waals surface area (Å²) in [6.45, 7) is 4.74. The van der Waals surface area contributed by atoms with Gasteiger partial charge in [-0.2, -0.15) is 0 Å². The zero-order valence-electron chi connectivity index (χ0n) is 25.6. The average Bonchev–Trinajstić information content (AvgIpc) is 3.22. The highest BCUT2D eigenvalue weighted by Gasteiger charge is 2.47. The molecule has 0 aromatic heterocycles. The van der Waals surface area contributed by atoms with Crippen LogP contribution in [0, 0.1) is 6.08 Å². The Balaban J connectivity index is 1.63. The van der Waals surface area contributed by atoms with Gasteiger partial charge in [0.1, 0.15) is 17.3 Å². The quantitative estimate of drug-likeness (QED) is 0.127. The lowest BCUT2D eigenvalue weighted by molar-refractivity contribution is 0.856. The maximum absolute atomic E-state index is 3.99. The Morgan fingerprint density at radius 1 is 0.628 bits per heavy atom. The maximum Gasteiger partial charge on any atom is 0.137 e. The van der Waals surface area contributed by atoms with E-state index >= 15 is 0 Å². The van der Waals surface area contributed by atoms with Crippen molar-refractivity contribution in [1.82, 2.24) is 0 Å². The van der Waals surface area contributed by atoms with Crippen LogP contribution in [0.5, 0.6) is 0 Å². The van der Waals surface area contributed by atoms with E-state index in [1.165, 1.54) is 106 Å². The summed E-state index contributed by atoms with van der Waals surface area (Å²) in [4.78, 5) is 0. The first-order chi connectivity index (χ1) is 21.2. The zero-order valence-corrected chi connectivity index (χ0v) is 26.5. The van der Waals surface area contributed by atoms with Gasteiger partial charge in [0.2, 0.25) is 0 Å². The molecule has 0 atom stereocenters. The van der Waals surface area contributed by atoms with Gasteiger partial charge in [-0.15, -0.1) is 0 Å². The number of rotatable bonds is 8. The van der Waals surface area contributed by atoms with Gasteiger partial charge in [0.15, 0.2) is 0 Å². The molecule has 2 aliphatic rings. The topological polar surface area (TPSA) is 0 Å². The molecule has 0 amide bonds. The van der Waals surface area contributed by atoms with Crippen molar-refractivity contribution >= 4 is 29.2 Å². The second-order valence-corrected chi connectivity index (χ2v) is 16.7. The van der Waals surface area contributed by atoms with E-state index in [1.54, 1.807) is 11.1 Å². The molecule has 1 aliphatic heterocycles. The summed E-state index contributed by atoms with van der Waals surface area (Å²) in [6.07, 6.45) is 14.3. The summed E-state index contributed by atoms with van der Waals surface area (Å²) in [6, 6.07) is 43.0. The molecule has 7 rings (SSSR count). The van der Waals surface area contributed by atoms with E-state index in [0.29, 0.717) is 0 Å². The van der Waals surface area contributed by atoms with Gasteiger partial charge in [0, 0.05) is 30.5 Å². The molecular formula is C42H41P+2. The second kappa shape index (κ2) is 12.1. The van der Waals surface area contributed by atoms with E-state index in [2.05, 4.69) is 135 Å². The number of benzene rings is 5. The fourth-order valence-electron chi connectivity index (χ4n) is 7.46. The van der Waals surface area contributed by atoms with Crippen LogP contribution in [-0.4, -0.2) is 18.5 Å². The SMILES string of the molecule is CCCC[P+]1(CCCC)CC2=C(c3ccccc3[C+]=C2c2ccccc2)c2c(c(-c3ccccc3)cc3ccccc23)C1. The third-order valence-electron chi connectivity index (χ3n) is 9.57. The van der Waals surface area contributed by atoms with Crippen molar-refractivity contribution in [3.05, 3.63) is 155 Å². The molecule has 212 valence electrons. The van der Waals surface area contributed by atoms with E-state index < -0.39 is 7.26 Å². The van der Waals surface area contributed by atoms with Crippen molar-refractivity contribution in [3.8, 4) is 11.1 Å². The Labute approximate surface area is 258 Å². The summed E-state index contributed by atoms with van der Waals surface area (Å²) in [7, 11) is -1.40. The fourth-order valence-corrected chi connectivity index (χ4v) is 12.4. The molecule has 0 fully saturated rings. The minimum atomic E-state index is -1.40. The highest BCUT2D eigenvalue weighted by atomic mass is 31.2. The van der Waals surface area contributed by atoms with Gasteiger partial charge in [0.05, 0.1) is 40.8 Å². The van der Waals surface area contributed by atoms with Crippen LogP contribution in [0.25, 0.3) is 33.0 Å². The first-order valence-electron chi connectivity index (χ1n) is 16.2. The van der Waals surface area contributed by atoms with Crippen LogP contribution in [-0.2, 0) is 6.16 Å². The number of hydrogen-bond donors (Lipinski definition) is 0. The second-order valence-electron chi connectivity index (χ2n) is 12.4. The molecule has 0 unspecified atom stereocenters. The molecule has 0 spiro atoms. The summed E-state index contributed by atoms with van der Waals surface area (Å²) in [5, 5.41) is 2.72. The van der Waals surface area contributed by atoms with Crippen molar-refractivity contribution in [2.75, 3.05) is 18.5 Å². The van der Waals surface area contributed by atoms with Crippen molar-refractivity contribution < 1.29 is 0 Å². The van der Waals surface area contributed by atoms with E-state index in [4.69, 9.17) is 0 Å². The highest BCUT2D eigenvalue weighted by molar-refractivity contribution is 7.75. The highest BCUT2D eigenvalue weighted by Crippen LogP contribution is 2.68. The van der Waals surface area contributed by atoms with Crippen molar-refractivity contribution in [2.24, 2.45) is 0 Å². The van der Waals surface area contributed by atoms with Crippen LogP contribution >= 0.6 is 7.26 Å². The van der Waals surface area contributed by atoms with Crippen molar-refractivity contribution in [3.63, 3.8) is 0 Å². The molecule has 0 N–H and O–H groups in total. The first-order valence-corrected chi connectivity index (χ1v) is 18.7. The number of unbranched alkanes of at least 4 members (excludes halogenated alkanes) is 2. The van der Waals surface area contributed by atoms with Crippen LogP contribution < -0.4 is 0 Å². The van der Waals surface area contributed by atoms with Gasteiger partial charge in [-0.1, -0.05) is 99.5 Å². The summed E-state index contributed by atoms with van der Waals surface area (Å²) < 4.78 is 0. The fraction of sp³-hybridized carbons (Fsp3) is 0.238. The Hall–Kier alpha value is -3.82. The summed E-state index contributed by atoms with van der Waals surface area (Å²) in [5.74, 6) is 0. The third kappa shape index (κ3) is 5.18. The van der Waals surface area contributed by atoms with E-state index in [9.17, 15) is 0 Å². The van der Waals surface area contributed by atoms with Crippen LogP contribution in [0.2, 0.25) is 0 Å². The summed E-state index contributed by atoms with van der Waals surface area (Å²) >= 11 is 0. The molecule has 0 saturated heterocycles. The molecule has 0 radical (unpaired) electrons. The molecule has 43 heavy (non-hydrogen) atoms. The van der Waals surface area contributed by atoms with Crippen molar-refractivity contribution in [2.45, 2.75) is 45.7 Å². The molecule has 5 aromatic rings. The zero-order chi connectivity index (χ0) is 29.2. The number of fused-ring (bicyclic) bond motifs is 6. The van der Waals surface area contributed by atoms with Crippen LogP contribution in [0.1, 0.15) is 67.3 Å². The van der Waals surface area contributed by atoms with Crippen LogP contribution in [0.15, 0.2) is 121 Å². The van der Waals surface area contributed by atoms with Gasteiger partial charge >= 0.3 is 0 Å². The molecule has 0 saturated carbocycles. The van der Waals surface area contributed by atoms with E-state index in [1.807, 2.05) is 0 Å². The number of hydrogen-bond acceptors (Lipinski definition) is 0. The Morgan fingerprint density at radius 3 is 1.98 bits per heavy atom. The Bertz CT molecular complexity index is 1820. The standard InChI is InChI=1S/C42H41P/c1-3-5-25-43(26-6-4-2)29-39-37(31-17-9-7-10-18-31)27-33-21-13-15-23-35(33)41(39)42-36-24-16-14-22-34(36)28-38(40(42)30-43)32-19-11-8-12-20-32/h7-24,27H,3-6,25-26,29-30H2,1-2H3/q+2. The van der Waals surface area contributed by atoms with E-state index in [0.717, 1.165) is 0 Å². The van der Waals surface area contributed by atoms with Gasteiger partial charge in [0.25, 0.3) is 0 Å². The first kappa shape index (κ1) is 28.0. The molecule has 1 heteroatoms. The normalized spacial score (nSPS) is 15.2. The average molecular weight is 577 g/mol. The lowest BCUT2D eigenvalue weighted by atomic mass is 9.77. The largest absolute Gasteiger partial charge is 0.137 e. The smallest absolute Gasteiger partial charge is 0.0652 e. The third-order valence-corrected chi connectivity index (χ3v) is 14.1. The van der Waals surface area contributed by atoms with Gasteiger partial charge in [-0.3, -0.25) is 0 Å². The molecular weight excluding hydrogens is 535 g/mol. The summed E-state index contributed by atoms with van der Waals surface area (Å²) in [5.41, 5.74) is 14.0. The number of allylic oxidation sites excluding steroid dienone is 2. The molecule has 0 bridgehead atoms. The predicted molar refractivity (Wildman–Crippen MR) is 189 cm³/mol. The van der Waals surface area contributed by atoms with Gasteiger partial charge in [-0.25, -0.2) is 0 Å². The molecule has 1 aliphatic carbocycles. The van der Waals surface area contributed by atoms with Crippen molar-refractivity contribution in [1.29, 1.82) is 0 Å². The monoisotopic (exact) mass is 576 g/mol. The van der Waals surface area contributed by atoms with Gasteiger partial charge in [-0.05, 0) is 71.1 Å². The predicted octanol–water partition coefficient (Wildman–Crippen LogP) is 11.7. The Morgan fingerprint density at radius 2 is 1.26 bits per heavy atom. The minimum Gasteiger partial charge on any atom is -0.0652 e. The minimum absolute atomic E-state index is 1.20. The lowest BCUT2D eigenvalue weighted by Gasteiger charge is -2.28. The maximum atomic E-state index is 3.99. The molecule has 5 aromatic carbocycles. The van der Waals surface area contributed by atoms with Gasteiger partial charge < -0.3 is 0 Å². The van der Waals surface area contributed by atoms with E-state index in [-0.39, 0.29) is 0 Å². The molecule has 1 heterocycles.